The lowest BCUT2D eigenvalue weighted by Gasteiger charge is -2.25. The van der Waals surface area contributed by atoms with Crippen molar-refractivity contribution < 1.29 is 4.79 Å². The van der Waals surface area contributed by atoms with E-state index in [1.54, 1.807) is 11.3 Å². The third-order valence-corrected chi connectivity index (χ3v) is 5.78. The number of carbonyl (C=O) groups excluding carboxylic acids is 1. The maximum atomic E-state index is 12.5. The molecule has 2 atom stereocenters. The van der Waals surface area contributed by atoms with E-state index in [0.717, 1.165) is 30.2 Å². The van der Waals surface area contributed by atoms with Gasteiger partial charge in [-0.2, -0.15) is 0 Å². The number of fused-ring (bicyclic) bond motifs is 1. The average Bonchev–Trinajstić information content (AvgIpc) is 3.21. The SMILES string of the molecule is Cc1nc(CN2C(=O)C[C@H]3[C@H]2CCN3Cc2ccccc2)cs1. The van der Waals surface area contributed by atoms with Gasteiger partial charge in [-0.25, -0.2) is 4.98 Å². The quantitative estimate of drug-likeness (QED) is 0.866. The van der Waals surface area contributed by atoms with Crippen molar-refractivity contribution in [2.75, 3.05) is 6.54 Å². The number of thiazole rings is 1. The molecule has 120 valence electrons. The van der Waals surface area contributed by atoms with E-state index in [9.17, 15) is 4.79 Å². The summed E-state index contributed by atoms with van der Waals surface area (Å²) >= 11 is 1.66. The molecule has 0 aliphatic carbocycles. The highest BCUT2D eigenvalue weighted by atomic mass is 32.1. The predicted molar refractivity (Wildman–Crippen MR) is 91.1 cm³/mol. The highest BCUT2D eigenvalue weighted by molar-refractivity contribution is 7.09. The number of benzene rings is 1. The molecule has 0 bridgehead atoms. The van der Waals surface area contributed by atoms with Crippen LogP contribution in [-0.2, 0) is 17.9 Å². The fourth-order valence-electron chi connectivity index (χ4n) is 3.88. The molecule has 0 saturated carbocycles. The van der Waals surface area contributed by atoms with Crippen molar-refractivity contribution >= 4 is 17.2 Å². The van der Waals surface area contributed by atoms with E-state index >= 15 is 0 Å². The van der Waals surface area contributed by atoms with Crippen molar-refractivity contribution in [3.8, 4) is 0 Å². The van der Waals surface area contributed by atoms with Gasteiger partial charge in [0.25, 0.3) is 0 Å². The normalized spacial score (nSPS) is 24.4. The van der Waals surface area contributed by atoms with Gasteiger partial charge >= 0.3 is 0 Å². The lowest BCUT2D eigenvalue weighted by atomic mass is 10.1. The van der Waals surface area contributed by atoms with Crippen LogP contribution in [0.4, 0.5) is 0 Å². The molecule has 2 aliphatic rings. The van der Waals surface area contributed by atoms with Crippen LogP contribution in [0.5, 0.6) is 0 Å². The van der Waals surface area contributed by atoms with Gasteiger partial charge < -0.3 is 4.90 Å². The molecule has 2 aliphatic heterocycles. The van der Waals surface area contributed by atoms with Crippen molar-refractivity contribution in [3.05, 3.63) is 52.0 Å². The summed E-state index contributed by atoms with van der Waals surface area (Å²) < 4.78 is 0. The Morgan fingerprint density at radius 3 is 2.78 bits per heavy atom. The summed E-state index contributed by atoms with van der Waals surface area (Å²) in [5.74, 6) is 0.281. The Labute approximate surface area is 140 Å². The second kappa shape index (κ2) is 6.06. The molecule has 4 rings (SSSR count). The zero-order valence-corrected chi connectivity index (χ0v) is 14.1. The van der Waals surface area contributed by atoms with Crippen LogP contribution in [0.2, 0.25) is 0 Å². The second-order valence-corrected chi connectivity index (χ2v) is 7.53. The Morgan fingerprint density at radius 2 is 2.04 bits per heavy atom. The second-order valence-electron chi connectivity index (χ2n) is 6.46. The van der Waals surface area contributed by atoms with E-state index in [0.29, 0.717) is 25.0 Å². The number of amides is 1. The fourth-order valence-corrected chi connectivity index (χ4v) is 4.49. The lowest BCUT2D eigenvalue weighted by molar-refractivity contribution is -0.129. The van der Waals surface area contributed by atoms with Gasteiger partial charge in [-0.1, -0.05) is 30.3 Å². The molecule has 23 heavy (non-hydrogen) atoms. The maximum absolute atomic E-state index is 12.5. The van der Waals surface area contributed by atoms with E-state index in [2.05, 4.69) is 44.4 Å². The number of aryl methyl sites for hydroxylation is 1. The maximum Gasteiger partial charge on any atom is 0.224 e. The minimum atomic E-state index is 0.281. The Balaban J connectivity index is 1.46. The number of hydrogen-bond donors (Lipinski definition) is 0. The van der Waals surface area contributed by atoms with E-state index in [1.807, 2.05) is 13.0 Å². The van der Waals surface area contributed by atoms with Gasteiger partial charge in [0, 0.05) is 37.0 Å². The zero-order chi connectivity index (χ0) is 15.8. The molecule has 3 heterocycles. The molecule has 1 amide bonds. The Kier molecular flexibility index (Phi) is 3.91. The smallest absolute Gasteiger partial charge is 0.224 e. The first-order valence-corrected chi connectivity index (χ1v) is 9.07. The first-order valence-electron chi connectivity index (χ1n) is 8.19. The monoisotopic (exact) mass is 327 g/mol. The predicted octanol–water partition coefficient (Wildman–Crippen LogP) is 2.83. The molecule has 1 aromatic carbocycles. The molecule has 5 heteroatoms. The van der Waals surface area contributed by atoms with Gasteiger partial charge in [0.15, 0.2) is 0 Å². The topological polar surface area (TPSA) is 36.4 Å². The molecular weight excluding hydrogens is 306 g/mol. The number of nitrogens with zero attached hydrogens (tertiary/aromatic N) is 3. The molecule has 2 fully saturated rings. The minimum Gasteiger partial charge on any atom is -0.332 e. The number of hydrogen-bond acceptors (Lipinski definition) is 4. The molecule has 0 spiro atoms. The van der Waals surface area contributed by atoms with Crippen LogP contribution >= 0.6 is 11.3 Å². The number of carbonyl (C=O) groups is 1. The van der Waals surface area contributed by atoms with Crippen molar-refractivity contribution in [2.24, 2.45) is 0 Å². The summed E-state index contributed by atoms with van der Waals surface area (Å²) in [5.41, 5.74) is 2.36. The summed E-state index contributed by atoms with van der Waals surface area (Å²) in [5, 5.41) is 3.15. The standard InChI is InChI=1S/C18H21N3OS/c1-13-19-15(12-23-13)11-21-16-7-8-20(17(16)9-18(21)22)10-14-5-3-2-4-6-14/h2-6,12,16-17H,7-11H2,1H3/t16-,17+/m1/s1. The third kappa shape index (κ3) is 2.91. The largest absolute Gasteiger partial charge is 0.332 e. The Hall–Kier alpha value is -1.72. The van der Waals surface area contributed by atoms with Crippen molar-refractivity contribution in [3.63, 3.8) is 0 Å². The van der Waals surface area contributed by atoms with Crippen molar-refractivity contribution in [2.45, 2.75) is 44.9 Å². The van der Waals surface area contributed by atoms with Crippen LogP contribution in [0.3, 0.4) is 0 Å². The highest BCUT2D eigenvalue weighted by Gasteiger charge is 2.46. The van der Waals surface area contributed by atoms with Crippen LogP contribution in [0.25, 0.3) is 0 Å². The van der Waals surface area contributed by atoms with Gasteiger partial charge in [-0.05, 0) is 18.9 Å². The molecule has 1 aromatic heterocycles. The van der Waals surface area contributed by atoms with E-state index in [4.69, 9.17) is 0 Å². The van der Waals surface area contributed by atoms with Crippen molar-refractivity contribution in [1.29, 1.82) is 0 Å². The van der Waals surface area contributed by atoms with E-state index in [-0.39, 0.29) is 5.91 Å². The van der Waals surface area contributed by atoms with Crippen LogP contribution < -0.4 is 0 Å². The van der Waals surface area contributed by atoms with Gasteiger partial charge in [-0.3, -0.25) is 9.69 Å². The molecule has 2 saturated heterocycles. The number of aromatic nitrogens is 1. The molecule has 0 N–H and O–H groups in total. The van der Waals surface area contributed by atoms with Crippen LogP contribution in [-0.4, -0.2) is 39.3 Å². The fraction of sp³-hybridized carbons (Fsp3) is 0.444. The summed E-state index contributed by atoms with van der Waals surface area (Å²) in [4.78, 5) is 21.5. The first-order chi connectivity index (χ1) is 11.2. The zero-order valence-electron chi connectivity index (χ0n) is 13.3. The summed E-state index contributed by atoms with van der Waals surface area (Å²) in [6.45, 7) is 4.70. The van der Waals surface area contributed by atoms with Crippen LogP contribution in [0.1, 0.15) is 29.1 Å². The molecular formula is C18H21N3OS. The minimum absolute atomic E-state index is 0.281. The van der Waals surface area contributed by atoms with Gasteiger partial charge in [0.1, 0.15) is 0 Å². The molecule has 0 radical (unpaired) electrons. The summed E-state index contributed by atoms with van der Waals surface area (Å²) in [6, 6.07) is 11.3. The van der Waals surface area contributed by atoms with Crippen molar-refractivity contribution in [1.82, 2.24) is 14.8 Å². The van der Waals surface area contributed by atoms with Gasteiger partial charge in [0.2, 0.25) is 5.91 Å². The Morgan fingerprint density at radius 1 is 1.22 bits per heavy atom. The first kappa shape index (κ1) is 14.8. The molecule has 0 unspecified atom stereocenters. The van der Waals surface area contributed by atoms with Gasteiger partial charge in [-0.15, -0.1) is 11.3 Å². The average molecular weight is 327 g/mol. The van der Waals surface area contributed by atoms with E-state index < -0.39 is 0 Å². The van der Waals surface area contributed by atoms with Crippen LogP contribution in [0, 0.1) is 6.92 Å². The van der Waals surface area contributed by atoms with Crippen LogP contribution in [0.15, 0.2) is 35.7 Å². The van der Waals surface area contributed by atoms with Gasteiger partial charge in [0.05, 0.1) is 17.2 Å². The lowest BCUT2D eigenvalue weighted by Crippen LogP contribution is -2.36. The highest BCUT2D eigenvalue weighted by Crippen LogP contribution is 2.34. The number of rotatable bonds is 4. The molecule has 2 aromatic rings. The third-order valence-electron chi connectivity index (χ3n) is 4.96. The molecule has 4 nitrogen and oxygen atoms in total. The summed E-state index contributed by atoms with van der Waals surface area (Å²) in [7, 11) is 0. The number of likely N-dealkylation sites (tertiary alicyclic amines) is 2. The Bertz CT molecular complexity index is 699. The summed E-state index contributed by atoms with van der Waals surface area (Å²) in [6.07, 6.45) is 1.73. The van der Waals surface area contributed by atoms with E-state index in [1.165, 1.54) is 5.56 Å².